The van der Waals surface area contributed by atoms with Crippen molar-refractivity contribution in [3.8, 4) is 12.0 Å². The second-order valence-corrected chi connectivity index (χ2v) is 7.96. The third-order valence-corrected chi connectivity index (χ3v) is 5.72. The summed E-state index contributed by atoms with van der Waals surface area (Å²) in [6.07, 6.45) is 0. The number of aromatic nitrogens is 4. The lowest BCUT2D eigenvalue weighted by Gasteiger charge is -2.25. The van der Waals surface area contributed by atoms with Gasteiger partial charge in [0, 0.05) is 18.0 Å². The van der Waals surface area contributed by atoms with E-state index in [1.165, 1.54) is 7.11 Å². The van der Waals surface area contributed by atoms with E-state index in [9.17, 15) is 4.79 Å². The number of rotatable bonds is 6. The zero-order valence-electron chi connectivity index (χ0n) is 18.4. The molecule has 33 heavy (non-hydrogen) atoms. The molecule has 3 N–H and O–H groups in total. The molecule has 168 valence electrons. The molecule has 0 saturated heterocycles. The van der Waals surface area contributed by atoms with E-state index >= 15 is 0 Å². The van der Waals surface area contributed by atoms with Crippen LogP contribution in [0.3, 0.4) is 0 Å². The van der Waals surface area contributed by atoms with E-state index in [0.717, 1.165) is 22.6 Å². The van der Waals surface area contributed by atoms with Gasteiger partial charge in [0.25, 0.3) is 5.91 Å². The predicted molar refractivity (Wildman–Crippen MR) is 124 cm³/mol. The van der Waals surface area contributed by atoms with Crippen molar-refractivity contribution in [1.82, 2.24) is 19.5 Å². The van der Waals surface area contributed by atoms with Crippen molar-refractivity contribution in [2.24, 2.45) is 5.73 Å². The number of primary amides is 1. The minimum Gasteiger partial charge on any atom is -0.468 e. The lowest BCUT2D eigenvalue weighted by Crippen LogP contribution is -2.21. The molecule has 2 aromatic heterocycles. The van der Waals surface area contributed by atoms with Crippen molar-refractivity contribution in [2.75, 3.05) is 19.0 Å². The SMILES string of the molecule is COc1nc2c(C(N)=O)cccc2n1-c1nc2c(c(NCc3ccccc3)n1)C(C)COC2. The number of anilines is 1. The van der Waals surface area contributed by atoms with Crippen LogP contribution in [0.2, 0.25) is 0 Å². The van der Waals surface area contributed by atoms with Crippen molar-refractivity contribution in [3.05, 3.63) is 70.9 Å². The molecule has 1 amide bonds. The van der Waals surface area contributed by atoms with Crippen molar-refractivity contribution >= 4 is 22.8 Å². The van der Waals surface area contributed by atoms with Gasteiger partial charge in [0.15, 0.2) is 0 Å². The topological polar surface area (TPSA) is 117 Å². The maximum absolute atomic E-state index is 11.9. The highest BCUT2D eigenvalue weighted by Gasteiger charge is 2.27. The van der Waals surface area contributed by atoms with Gasteiger partial charge in [0.05, 0.1) is 37.1 Å². The molecule has 0 fully saturated rings. The lowest BCUT2D eigenvalue weighted by atomic mass is 9.98. The fourth-order valence-electron chi connectivity index (χ4n) is 4.17. The molecule has 9 heteroatoms. The van der Waals surface area contributed by atoms with E-state index in [1.54, 1.807) is 16.7 Å². The number of amides is 1. The summed E-state index contributed by atoms with van der Waals surface area (Å²) in [5.74, 6) is 0.697. The summed E-state index contributed by atoms with van der Waals surface area (Å²) in [6.45, 7) is 3.71. The van der Waals surface area contributed by atoms with Gasteiger partial charge in [-0.2, -0.15) is 9.97 Å². The Bertz CT molecular complexity index is 1340. The largest absolute Gasteiger partial charge is 0.468 e. The first-order valence-electron chi connectivity index (χ1n) is 10.7. The number of nitrogens with zero attached hydrogens (tertiary/aromatic N) is 4. The summed E-state index contributed by atoms with van der Waals surface area (Å²) in [4.78, 5) is 26.1. The molecule has 0 aliphatic carbocycles. The summed E-state index contributed by atoms with van der Waals surface area (Å²) in [5.41, 5.74) is 9.92. The van der Waals surface area contributed by atoms with Gasteiger partial charge in [-0.15, -0.1) is 0 Å². The molecule has 0 saturated carbocycles. The Labute approximate surface area is 190 Å². The highest BCUT2D eigenvalue weighted by atomic mass is 16.5. The van der Waals surface area contributed by atoms with E-state index in [2.05, 4.69) is 29.4 Å². The van der Waals surface area contributed by atoms with E-state index in [1.807, 2.05) is 24.3 Å². The molecule has 5 rings (SSSR count). The third kappa shape index (κ3) is 3.76. The molecule has 9 nitrogen and oxygen atoms in total. The van der Waals surface area contributed by atoms with Crippen LogP contribution < -0.4 is 15.8 Å². The van der Waals surface area contributed by atoms with Gasteiger partial charge >= 0.3 is 6.01 Å². The van der Waals surface area contributed by atoms with E-state index in [0.29, 0.717) is 42.3 Å². The first-order valence-corrected chi connectivity index (χ1v) is 10.7. The lowest BCUT2D eigenvalue weighted by molar-refractivity contribution is 0.0918. The van der Waals surface area contributed by atoms with Crippen LogP contribution in [0.5, 0.6) is 6.01 Å². The van der Waals surface area contributed by atoms with Gasteiger partial charge in [-0.05, 0) is 17.7 Å². The third-order valence-electron chi connectivity index (χ3n) is 5.72. The van der Waals surface area contributed by atoms with Gasteiger partial charge in [-0.25, -0.2) is 9.55 Å². The summed E-state index contributed by atoms with van der Waals surface area (Å²) in [6, 6.07) is 15.6. The monoisotopic (exact) mass is 444 g/mol. The molecule has 0 bridgehead atoms. The molecular weight excluding hydrogens is 420 g/mol. The minimum atomic E-state index is -0.563. The number of para-hydroxylation sites is 1. The number of ether oxygens (including phenoxy) is 2. The van der Waals surface area contributed by atoms with Crippen LogP contribution in [0.4, 0.5) is 5.82 Å². The average molecular weight is 444 g/mol. The van der Waals surface area contributed by atoms with Gasteiger partial charge in [-0.3, -0.25) is 4.79 Å². The second-order valence-electron chi connectivity index (χ2n) is 7.96. The maximum atomic E-state index is 11.9. The van der Waals surface area contributed by atoms with Crippen LogP contribution in [0.15, 0.2) is 48.5 Å². The average Bonchev–Trinajstić information content (AvgIpc) is 3.21. The summed E-state index contributed by atoms with van der Waals surface area (Å²) >= 11 is 0. The van der Waals surface area contributed by atoms with Gasteiger partial charge in [-0.1, -0.05) is 43.3 Å². The van der Waals surface area contributed by atoms with Crippen LogP contribution in [0.1, 0.15) is 40.0 Å². The standard InChI is InChI=1S/C24H24N6O3/c1-14-12-33-13-17-19(14)22(26-11-15-7-4-3-5-8-15)29-23(27-17)30-18-10-6-9-16(21(25)31)20(18)28-24(30)32-2/h3-10,14H,11-13H2,1-2H3,(H2,25,31)(H,26,27,29). The zero-order chi connectivity index (χ0) is 22.9. The molecular formula is C24H24N6O3. The Kier molecular flexibility index (Phi) is 5.39. The van der Waals surface area contributed by atoms with Gasteiger partial charge < -0.3 is 20.5 Å². The number of fused-ring (bicyclic) bond motifs is 2. The van der Waals surface area contributed by atoms with Crippen LogP contribution in [0.25, 0.3) is 17.0 Å². The van der Waals surface area contributed by atoms with Gasteiger partial charge in [0.2, 0.25) is 5.95 Å². The second kappa shape index (κ2) is 8.51. The van der Waals surface area contributed by atoms with Crippen molar-refractivity contribution < 1.29 is 14.3 Å². The van der Waals surface area contributed by atoms with Crippen molar-refractivity contribution in [1.29, 1.82) is 0 Å². The number of carbonyl (C=O) groups is 1. The molecule has 4 aromatic rings. The molecule has 2 aromatic carbocycles. The van der Waals surface area contributed by atoms with E-state index < -0.39 is 5.91 Å². The number of carbonyl (C=O) groups excluding carboxylic acids is 1. The number of methoxy groups -OCH3 is 1. The molecule has 0 spiro atoms. The Balaban J connectivity index is 1.67. The number of nitrogens with two attached hydrogens (primary N) is 1. The molecule has 3 heterocycles. The first kappa shape index (κ1) is 20.9. The highest BCUT2D eigenvalue weighted by molar-refractivity contribution is 6.04. The summed E-state index contributed by atoms with van der Waals surface area (Å²) < 4.78 is 13.0. The number of hydrogen-bond acceptors (Lipinski definition) is 7. The number of nitrogens with one attached hydrogen (secondary N) is 1. The quantitative estimate of drug-likeness (QED) is 0.469. The molecule has 1 aliphatic heterocycles. The number of imidazole rings is 1. The van der Waals surface area contributed by atoms with Gasteiger partial charge in [0.1, 0.15) is 11.3 Å². The number of benzene rings is 2. The van der Waals surface area contributed by atoms with E-state index in [4.69, 9.17) is 25.2 Å². The fraction of sp³-hybridized carbons (Fsp3) is 0.250. The van der Waals surface area contributed by atoms with E-state index in [-0.39, 0.29) is 11.9 Å². The Morgan fingerprint density at radius 1 is 1.18 bits per heavy atom. The van der Waals surface area contributed by atoms with Crippen LogP contribution in [0, 0.1) is 0 Å². The van der Waals surface area contributed by atoms with Crippen LogP contribution in [-0.2, 0) is 17.9 Å². The fourth-order valence-corrected chi connectivity index (χ4v) is 4.17. The Morgan fingerprint density at radius 2 is 2.00 bits per heavy atom. The highest BCUT2D eigenvalue weighted by Crippen LogP contribution is 2.34. The summed E-state index contributed by atoms with van der Waals surface area (Å²) in [5, 5.41) is 3.48. The first-order chi connectivity index (χ1) is 16.1. The van der Waals surface area contributed by atoms with Crippen LogP contribution in [-0.4, -0.2) is 39.1 Å². The molecule has 1 aliphatic rings. The normalized spacial score (nSPS) is 15.3. The predicted octanol–water partition coefficient (Wildman–Crippen LogP) is 3.17. The molecule has 1 unspecified atom stereocenters. The molecule has 0 radical (unpaired) electrons. The minimum absolute atomic E-state index is 0.143. The van der Waals surface area contributed by atoms with Crippen molar-refractivity contribution in [3.63, 3.8) is 0 Å². The smallest absolute Gasteiger partial charge is 0.304 e. The van der Waals surface area contributed by atoms with Crippen LogP contribution >= 0.6 is 0 Å². The maximum Gasteiger partial charge on any atom is 0.304 e. The Hall–Kier alpha value is -3.98. The van der Waals surface area contributed by atoms with Crippen molar-refractivity contribution in [2.45, 2.75) is 26.0 Å². The Morgan fingerprint density at radius 3 is 2.76 bits per heavy atom. The molecule has 1 atom stereocenters. The zero-order valence-corrected chi connectivity index (χ0v) is 18.4. The number of hydrogen-bond donors (Lipinski definition) is 2. The summed E-state index contributed by atoms with van der Waals surface area (Å²) in [7, 11) is 1.51.